The van der Waals surface area contributed by atoms with E-state index in [1.54, 1.807) is 6.20 Å². The molecule has 0 spiro atoms. The van der Waals surface area contributed by atoms with E-state index in [-0.39, 0.29) is 32.7 Å². The maximum Gasteiger partial charge on any atom is 0.137 e. The van der Waals surface area contributed by atoms with E-state index in [1.165, 1.54) is 0 Å². The van der Waals surface area contributed by atoms with Gasteiger partial charge in [-0.3, -0.25) is 0 Å². The van der Waals surface area contributed by atoms with Gasteiger partial charge in [-0.05, 0) is 25.0 Å². The van der Waals surface area contributed by atoms with Crippen LogP contribution in [0.1, 0.15) is 18.4 Å². The summed E-state index contributed by atoms with van der Waals surface area (Å²) in [5.74, 6) is 0. The molecule has 0 saturated carbocycles. The molecule has 2 aromatic rings. The Bertz CT molecular complexity index is 633. The Morgan fingerprint density at radius 1 is 1.24 bits per heavy atom. The minimum absolute atomic E-state index is 0. The van der Waals surface area contributed by atoms with Crippen LogP contribution in [0.25, 0.3) is 22.5 Å². The average Bonchev–Trinajstić information content (AvgIpc) is 2.97. The van der Waals surface area contributed by atoms with Crippen molar-refractivity contribution < 1.29 is 32.7 Å². The van der Waals surface area contributed by atoms with Crippen LogP contribution in [-0.2, 0) is 39.3 Å². The fourth-order valence-electron chi connectivity index (χ4n) is 2.01. The molecule has 3 rings (SSSR count). The minimum Gasteiger partial charge on any atom is -0.674 e. The predicted molar refractivity (Wildman–Crippen MR) is 84.6 cm³/mol. The van der Waals surface area contributed by atoms with Gasteiger partial charge in [-0.1, -0.05) is 34.9 Å². The predicted octanol–water partition coefficient (Wildman–Crippen LogP) is 4.99. The van der Waals surface area contributed by atoms with Crippen molar-refractivity contribution in [3.8, 4) is 0 Å². The van der Waals surface area contributed by atoms with Gasteiger partial charge in [0.25, 0.3) is 0 Å². The first-order valence-corrected chi connectivity index (χ1v) is 6.88. The third-order valence-corrected chi connectivity index (χ3v) is 3.56. The standard InChI is InChI=1S/C8H8N3.C7H9ClN.Y/c9-5-6-1-3-10-8-7(6)2-4-11-8;8-7-4-2-1-3-6(7)5-9;/h1-4,9H,5H2,(H,10,11);1,3,9H,2,4-5H2;/q2*-1;. The van der Waals surface area contributed by atoms with Crippen LogP contribution < -0.4 is 0 Å². The largest absolute Gasteiger partial charge is 0.674 e. The maximum atomic E-state index is 7.22. The second kappa shape index (κ2) is 9.49. The summed E-state index contributed by atoms with van der Waals surface area (Å²) < 4.78 is 0. The van der Waals surface area contributed by atoms with E-state index in [0.29, 0.717) is 13.1 Å². The molecule has 4 nitrogen and oxygen atoms in total. The molecule has 2 aromatic heterocycles. The molecule has 0 saturated heterocycles. The van der Waals surface area contributed by atoms with Gasteiger partial charge < -0.3 is 16.5 Å². The average molecular weight is 378 g/mol. The Morgan fingerprint density at radius 2 is 2.05 bits per heavy atom. The van der Waals surface area contributed by atoms with Crippen LogP contribution in [0.5, 0.6) is 0 Å². The number of hydrogen-bond donors (Lipinski definition) is 1. The van der Waals surface area contributed by atoms with Crippen molar-refractivity contribution in [2.24, 2.45) is 0 Å². The minimum atomic E-state index is 0. The summed E-state index contributed by atoms with van der Waals surface area (Å²) in [4.78, 5) is 7.11. The molecule has 2 heterocycles. The smallest absolute Gasteiger partial charge is 0.137 e. The van der Waals surface area contributed by atoms with Crippen LogP contribution in [-0.4, -0.2) is 16.5 Å². The molecule has 0 aliphatic heterocycles. The van der Waals surface area contributed by atoms with Crippen molar-refractivity contribution in [3.05, 3.63) is 64.3 Å². The van der Waals surface area contributed by atoms with Crippen LogP contribution in [0.15, 0.2) is 47.3 Å². The molecule has 1 radical (unpaired) electrons. The number of allylic oxidation sites excluding steroid dienone is 2. The van der Waals surface area contributed by atoms with E-state index in [0.717, 1.165) is 40.0 Å². The molecule has 1 aliphatic carbocycles. The van der Waals surface area contributed by atoms with Gasteiger partial charge in [0, 0.05) is 55.5 Å². The van der Waals surface area contributed by atoms with Gasteiger partial charge >= 0.3 is 0 Å². The van der Waals surface area contributed by atoms with Crippen molar-refractivity contribution >= 4 is 22.6 Å². The monoisotopic (exact) mass is 377 g/mol. The number of halogens is 1. The summed E-state index contributed by atoms with van der Waals surface area (Å²) in [6.45, 7) is 0.631. The number of aromatic amines is 1. The van der Waals surface area contributed by atoms with E-state index in [4.69, 9.17) is 23.1 Å². The summed E-state index contributed by atoms with van der Waals surface area (Å²) in [5, 5.41) is 1.93. The van der Waals surface area contributed by atoms with Crippen LogP contribution in [0, 0.1) is 0 Å². The number of pyridine rings is 1. The summed E-state index contributed by atoms with van der Waals surface area (Å²) >= 11 is 5.79. The van der Waals surface area contributed by atoms with Gasteiger partial charge in [0.2, 0.25) is 0 Å². The first-order chi connectivity index (χ1) is 9.76. The summed E-state index contributed by atoms with van der Waals surface area (Å²) in [6, 6.07) is 3.83. The first kappa shape index (κ1) is 18.5. The molecule has 0 unspecified atom stereocenters. The SMILES string of the molecule is [NH-]CC1=C(Cl)CCC=C1.[NH-]Cc1ccnc2[nH]ccc12.[Y]. The number of rotatable bonds is 2. The second-order valence-corrected chi connectivity index (χ2v) is 4.89. The number of nitrogens with zero attached hydrogens (tertiary/aromatic N) is 1. The van der Waals surface area contributed by atoms with Gasteiger partial charge in [-0.25, -0.2) is 4.98 Å². The number of H-pyrrole nitrogens is 1. The van der Waals surface area contributed by atoms with E-state index in [1.807, 2.05) is 24.4 Å². The zero-order valence-electron chi connectivity index (χ0n) is 11.7. The number of nitrogens with one attached hydrogen (secondary N) is 3. The Hall–Kier alpha value is -0.516. The van der Waals surface area contributed by atoms with Gasteiger partial charge in [-0.2, -0.15) is 0 Å². The van der Waals surface area contributed by atoms with E-state index < -0.39 is 0 Å². The van der Waals surface area contributed by atoms with E-state index in [2.05, 4.69) is 16.0 Å². The Morgan fingerprint density at radius 3 is 2.67 bits per heavy atom. The molecule has 21 heavy (non-hydrogen) atoms. The zero-order chi connectivity index (χ0) is 14.4. The van der Waals surface area contributed by atoms with Gasteiger partial charge in [0.05, 0.1) is 0 Å². The second-order valence-electron chi connectivity index (χ2n) is 4.43. The molecule has 3 N–H and O–H groups in total. The van der Waals surface area contributed by atoms with E-state index in [9.17, 15) is 0 Å². The van der Waals surface area contributed by atoms with Crippen LogP contribution >= 0.6 is 11.6 Å². The fourth-order valence-corrected chi connectivity index (χ4v) is 2.25. The van der Waals surface area contributed by atoms with Crippen LogP contribution in [0.4, 0.5) is 0 Å². The topological polar surface area (TPSA) is 76.3 Å². The van der Waals surface area contributed by atoms with Gasteiger partial charge in [-0.15, -0.1) is 13.1 Å². The number of aromatic nitrogens is 2. The van der Waals surface area contributed by atoms with Gasteiger partial charge in [0.1, 0.15) is 5.65 Å². The van der Waals surface area contributed by atoms with Crippen molar-refractivity contribution in [1.29, 1.82) is 0 Å². The van der Waals surface area contributed by atoms with Crippen LogP contribution in [0.2, 0.25) is 0 Å². The molecule has 109 valence electrons. The maximum absolute atomic E-state index is 7.22. The number of hydrogen-bond acceptors (Lipinski definition) is 1. The Labute approximate surface area is 154 Å². The quantitative estimate of drug-likeness (QED) is 0.786. The molecule has 1 aliphatic rings. The fraction of sp³-hybridized carbons (Fsp3) is 0.267. The van der Waals surface area contributed by atoms with Gasteiger partial charge in [0.15, 0.2) is 0 Å². The molecular weight excluding hydrogens is 361 g/mol. The Kier molecular flexibility index (Phi) is 8.38. The van der Waals surface area contributed by atoms with Crippen LogP contribution in [0.3, 0.4) is 0 Å². The molecule has 0 bridgehead atoms. The van der Waals surface area contributed by atoms with Crippen molar-refractivity contribution in [2.45, 2.75) is 19.4 Å². The molecule has 0 atom stereocenters. The summed E-state index contributed by atoms with van der Waals surface area (Å²) in [6.07, 6.45) is 9.53. The Balaban J connectivity index is 0.000000205. The third-order valence-electron chi connectivity index (χ3n) is 3.13. The first-order valence-electron chi connectivity index (χ1n) is 6.50. The van der Waals surface area contributed by atoms with Crippen molar-refractivity contribution in [1.82, 2.24) is 9.97 Å². The number of fused-ring (bicyclic) bond motifs is 1. The molecule has 0 amide bonds. The molecule has 6 heteroatoms. The third kappa shape index (κ3) is 5.01. The normalized spacial score (nSPS) is 13.7. The zero-order valence-corrected chi connectivity index (χ0v) is 15.3. The summed E-state index contributed by atoms with van der Waals surface area (Å²) in [7, 11) is 0. The summed E-state index contributed by atoms with van der Waals surface area (Å²) in [5.41, 5.74) is 17.1. The van der Waals surface area contributed by atoms with Crippen molar-refractivity contribution in [3.63, 3.8) is 0 Å². The van der Waals surface area contributed by atoms with E-state index >= 15 is 0 Å². The van der Waals surface area contributed by atoms with Crippen molar-refractivity contribution in [2.75, 3.05) is 6.54 Å². The molecule has 0 aromatic carbocycles. The molecular formula is C15H17ClN4Y-2. The molecule has 0 fully saturated rings.